The molecule has 0 aliphatic carbocycles. The van der Waals surface area contributed by atoms with Gasteiger partial charge in [0, 0.05) is 18.1 Å². The van der Waals surface area contributed by atoms with Crippen LogP contribution >= 0.6 is 0 Å². The first-order valence-electron chi connectivity index (χ1n) is 4.84. The van der Waals surface area contributed by atoms with E-state index < -0.39 is 0 Å². The van der Waals surface area contributed by atoms with Crippen molar-refractivity contribution in [3.63, 3.8) is 0 Å². The largest absolute Gasteiger partial charge is 0.324 e. The Hall–Kier alpha value is -2.41. The van der Waals surface area contributed by atoms with Gasteiger partial charge < -0.3 is 5.32 Å². The zero-order valence-electron chi connectivity index (χ0n) is 8.81. The van der Waals surface area contributed by atoms with Crippen molar-refractivity contribution < 1.29 is 0 Å². The summed E-state index contributed by atoms with van der Waals surface area (Å²) in [6.07, 6.45) is 3.50. The normalized spacial score (nSPS) is 9.50. The van der Waals surface area contributed by atoms with Gasteiger partial charge in [0.2, 0.25) is 5.95 Å². The number of anilines is 2. The van der Waals surface area contributed by atoms with Crippen molar-refractivity contribution in [2.45, 2.75) is 6.92 Å². The Morgan fingerprint density at radius 2 is 1.75 bits per heavy atom. The molecule has 0 aliphatic heterocycles. The van der Waals surface area contributed by atoms with Crippen LogP contribution < -0.4 is 5.32 Å². The fourth-order valence-electron chi connectivity index (χ4n) is 1.21. The van der Waals surface area contributed by atoms with Crippen molar-refractivity contribution in [3.8, 4) is 6.07 Å². The van der Waals surface area contributed by atoms with Gasteiger partial charge in [0.1, 0.15) is 0 Å². The Morgan fingerprint density at radius 3 is 2.31 bits per heavy atom. The molecule has 0 fully saturated rings. The Labute approximate surface area is 93.6 Å². The number of nitrogens with zero attached hydrogens (tertiary/aromatic N) is 3. The molecular weight excluding hydrogens is 200 g/mol. The number of nitriles is 1. The molecule has 0 atom stereocenters. The minimum absolute atomic E-state index is 0.551. The lowest BCUT2D eigenvalue weighted by molar-refractivity contribution is 1.13. The highest BCUT2D eigenvalue weighted by Gasteiger charge is 1.97. The van der Waals surface area contributed by atoms with Crippen molar-refractivity contribution in [3.05, 3.63) is 47.8 Å². The molecule has 2 aromatic rings. The molecule has 4 heteroatoms. The molecule has 16 heavy (non-hydrogen) atoms. The van der Waals surface area contributed by atoms with Crippen molar-refractivity contribution in [1.82, 2.24) is 9.97 Å². The van der Waals surface area contributed by atoms with Gasteiger partial charge in [-0.1, -0.05) is 0 Å². The molecule has 0 spiro atoms. The second-order valence-electron chi connectivity index (χ2n) is 3.40. The fraction of sp³-hybridized carbons (Fsp3) is 0.0833. The minimum atomic E-state index is 0.551. The Kier molecular flexibility index (Phi) is 2.79. The van der Waals surface area contributed by atoms with E-state index in [2.05, 4.69) is 21.4 Å². The van der Waals surface area contributed by atoms with Crippen LogP contribution in [0, 0.1) is 18.3 Å². The summed E-state index contributed by atoms with van der Waals surface area (Å²) in [6.45, 7) is 1.94. The van der Waals surface area contributed by atoms with Crippen LogP contribution in [0.5, 0.6) is 0 Å². The van der Waals surface area contributed by atoms with Gasteiger partial charge in [-0.15, -0.1) is 0 Å². The number of nitrogens with one attached hydrogen (secondary N) is 1. The lowest BCUT2D eigenvalue weighted by Crippen LogP contribution is -1.96. The maximum Gasteiger partial charge on any atom is 0.227 e. The molecule has 0 unspecified atom stereocenters. The first-order valence-corrected chi connectivity index (χ1v) is 4.84. The smallest absolute Gasteiger partial charge is 0.227 e. The summed E-state index contributed by atoms with van der Waals surface area (Å²) >= 11 is 0. The Balaban J connectivity index is 2.15. The van der Waals surface area contributed by atoms with Gasteiger partial charge in [-0.25, -0.2) is 9.97 Å². The van der Waals surface area contributed by atoms with E-state index in [9.17, 15) is 0 Å². The minimum Gasteiger partial charge on any atom is -0.324 e. The SMILES string of the molecule is Cc1cnc(Nc2ccc(C#N)cc2)nc1. The topological polar surface area (TPSA) is 61.6 Å². The van der Waals surface area contributed by atoms with Crippen LogP contribution in [0.1, 0.15) is 11.1 Å². The molecule has 2 rings (SSSR count). The van der Waals surface area contributed by atoms with Crippen molar-refractivity contribution >= 4 is 11.6 Å². The molecule has 0 aliphatic rings. The van der Waals surface area contributed by atoms with E-state index in [0.717, 1.165) is 11.3 Å². The second-order valence-corrected chi connectivity index (χ2v) is 3.40. The van der Waals surface area contributed by atoms with Gasteiger partial charge in [0.25, 0.3) is 0 Å². The van der Waals surface area contributed by atoms with Crippen molar-refractivity contribution in [1.29, 1.82) is 5.26 Å². The third kappa shape index (κ3) is 2.34. The molecule has 0 saturated carbocycles. The van der Waals surface area contributed by atoms with Crippen LogP contribution in [0.25, 0.3) is 0 Å². The van der Waals surface area contributed by atoms with Crippen LogP contribution in [-0.2, 0) is 0 Å². The molecule has 1 aromatic carbocycles. The average Bonchev–Trinajstić information content (AvgIpc) is 2.33. The van der Waals surface area contributed by atoms with Gasteiger partial charge in [-0.3, -0.25) is 0 Å². The van der Waals surface area contributed by atoms with Gasteiger partial charge in [0.05, 0.1) is 11.6 Å². The lowest BCUT2D eigenvalue weighted by atomic mass is 10.2. The van der Waals surface area contributed by atoms with E-state index in [0.29, 0.717) is 11.5 Å². The quantitative estimate of drug-likeness (QED) is 0.826. The number of aromatic nitrogens is 2. The number of rotatable bonds is 2. The Bertz CT molecular complexity index is 508. The van der Waals surface area contributed by atoms with E-state index in [1.165, 1.54) is 0 Å². The molecule has 4 nitrogen and oxygen atoms in total. The lowest BCUT2D eigenvalue weighted by Gasteiger charge is -2.03. The third-order valence-corrected chi connectivity index (χ3v) is 2.05. The predicted molar refractivity (Wildman–Crippen MR) is 61.2 cm³/mol. The van der Waals surface area contributed by atoms with Gasteiger partial charge in [-0.05, 0) is 36.8 Å². The zero-order valence-corrected chi connectivity index (χ0v) is 8.81. The summed E-state index contributed by atoms with van der Waals surface area (Å²) in [5.41, 5.74) is 2.52. The molecule has 1 heterocycles. The molecule has 0 radical (unpaired) electrons. The molecule has 0 amide bonds. The molecule has 0 bridgehead atoms. The molecule has 1 aromatic heterocycles. The number of aryl methyl sites for hydroxylation is 1. The van der Waals surface area contributed by atoms with Gasteiger partial charge in [-0.2, -0.15) is 5.26 Å². The van der Waals surface area contributed by atoms with Crippen LogP contribution in [-0.4, -0.2) is 9.97 Å². The summed E-state index contributed by atoms with van der Waals surface area (Å²) in [5, 5.41) is 11.7. The van der Waals surface area contributed by atoms with E-state index in [4.69, 9.17) is 5.26 Å². The molecule has 0 saturated heterocycles. The summed E-state index contributed by atoms with van der Waals surface area (Å²) in [4.78, 5) is 8.26. The number of hydrogen-bond acceptors (Lipinski definition) is 4. The number of benzene rings is 1. The predicted octanol–water partition coefficient (Wildman–Crippen LogP) is 2.40. The summed E-state index contributed by atoms with van der Waals surface area (Å²) < 4.78 is 0. The van der Waals surface area contributed by atoms with Crippen LogP contribution in [0.15, 0.2) is 36.7 Å². The Morgan fingerprint density at radius 1 is 1.12 bits per heavy atom. The second kappa shape index (κ2) is 4.41. The van der Waals surface area contributed by atoms with Gasteiger partial charge in [0.15, 0.2) is 0 Å². The van der Waals surface area contributed by atoms with E-state index in [-0.39, 0.29) is 0 Å². The highest BCUT2D eigenvalue weighted by molar-refractivity contribution is 5.54. The van der Waals surface area contributed by atoms with E-state index in [1.54, 1.807) is 24.5 Å². The highest BCUT2D eigenvalue weighted by Crippen LogP contribution is 2.13. The van der Waals surface area contributed by atoms with Crippen molar-refractivity contribution in [2.24, 2.45) is 0 Å². The van der Waals surface area contributed by atoms with Crippen LogP contribution in [0.2, 0.25) is 0 Å². The monoisotopic (exact) mass is 210 g/mol. The molecular formula is C12H10N4. The summed E-state index contributed by atoms with van der Waals surface area (Å²) in [6, 6.07) is 9.20. The highest BCUT2D eigenvalue weighted by atomic mass is 15.1. The fourth-order valence-corrected chi connectivity index (χ4v) is 1.21. The zero-order chi connectivity index (χ0) is 11.4. The average molecular weight is 210 g/mol. The standard InChI is InChI=1S/C12H10N4/c1-9-7-14-12(15-8-9)16-11-4-2-10(6-13)3-5-11/h2-5,7-8H,1H3,(H,14,15,16). The summed E-state index contributed by atoms with van der Waals surface area (Å²) in [5.74, 6) is 0.551. The third-order valence-electron chi connectivity index (χ3n) is 2.05. The maximum absolute atomic E-state index is 8.65. The summed E-state index contributed by atoms with van der Waals surface area (Å²) in [7, 11) is 0. The molecule has 1 N–H and O–H groups in total. The van der Waals surface area contributed by atoms with E-state index in [1.807, 2.05) is 19.1 Å². The van der Waals surface area contributed by atoms with E-state index >= 15 is 0 Å². The molecule has 78 valence electrons. The van der Waals surface area contributed by atoms with Crippen molar-refractivity contribution in [2.75, 3.05) is 5.32 Å². The number of hydrogen-bond donors (Lipinski definition) is 1. The first-order chi connectivity index (χ1) is 7.78. The first kappa shape index (κ1) is 10.1. The van der Waals surface area contributed by atoms with Crippen LogP contribution in [0.4, 0.5) is 11.6 Å². The maximum atomic E-state index is 8.65. The van der Waals surface area contributed by atoms with Gasteiger partial charge >= 0.3 is 0 Å². The van der Waals surface area contributed by atoms with Crippen LogP contribution in [0.3, 0.4) is 0 Å².